The van der Waals surface area contributed by atoms with E-state index in [2.05, 4.69) is 16.6 Å². The second-order valence-electron chi connectivity index (χ2n) is 8.69. The smallest absolute Gasteiger partial charge is 0.422 e. The van der Waals surface area contributed by atoms with E-state index in [1.807, 2.05) is 30.3 Å². The number of hydrogen-bond acceptors (Lipinski definition) is 5. The number of anilines is 1. The van der Waals surface area contributed by atoms with Crippen LogP contribution < -0.4 is 9.64 Å². The number of ether oxygens (including phenoxy) is 2. The molecule has 188 valence electrons. The van der Waals surface area contributed by atoms with Gasteiger partial charge in [-0.1, -0.05) is 30.3 Å². The van der Waals surface area contributed by atoms with E-state index in [4.69, 9.17) is 4.74 Å². The molecular weight excluding hydrogens is 471 g/mol. The van der Waals surface area contributed by atoms with Crippen molar-refractivity contribution in [2.24, 2.45) is 0 Å². The zero-order valence-electron chi connectivity index (χ0n) is 19.9. The largest absolute Gasteiger partial charge is 0.508 e. The Hall–Kier alpha value is -3.94. The number of aromatic hydroxyl groups is 1. The lowest BCUT2D eigenvalue weighted by atomic mass is 9.76. The van der Waals surface area contributed by atoms with E-state index in [1.165, 1.54) is 25.3 Å². The summed E-state index contributed by atoms with van der Waals surface area (Å²) >= 11 is 0. The fourth-order valence-electron chi connectivity index (χ4n) is 4.60. The number of benzene rings is 3. The lowest BCUT2D eigenvalue weighted by molar-refractivity contribution is -0.153. The molecule has 0 saturated carbocycles. The van der Waals surface area contributed by atoms with Gasteiger partial charge in [-0.2, -0.15) is 13.2 Å². The zero-order valence-corrected chi connectivity index (χ0v) is 19.9. The SMILES string of the molecule is COC(=O)C=Cc1ccc(C2(C)c3ccc(O)cc3CCN2c2ccc(OCC(F)(F)F)cc2)cc1. The Morgan fingerprint density at radius 3 is 2.42 bits per heavy atom. The summed E-state index contributed by atoms with van der Waals surface area (Å²) in [4.78, 5) is 13.6. The van der Waals surface area contributed by atoms with E-state index >= 15 is 0 Å². The summed E-state index contributed by atoms with van der Waals surface area (Å²) in [6.45, 7) is 1.36. The molecule has 1 heterocycles. The molecule has 3 aromatic carbocycles. The molecule has 1 atom stereocenters. The van der Waals surface area contributed by atoms with Crippen LogP contribution in [0.4, 0.5) is 18.9 Å². The minimum atomic E-state index is -4.41. The van der Waals surface area contributed by atoms with Crippen molar-refractivity contribution in [2.45, 2.75) is 25.1 Å². The number of carbonyl (C=O) groups is 1. The first-order valence-corrected chi connectivity index (χ1v) is 11.4. The normalized spacial score (nSPS) is 17.6. The third-order valence-electron chi connectivity index (χ3n) is 6.39. The molecule has 0 radical (unpaired) electrons. The van der Waals surface area contributed by atoms with Crippen LogP contribution in [-0.2, 0) is 21.5 Å². The standard InChI is InChI=1S/C28H26F3NO4/c1-27(21-6-3-19(4-7-21)5-14-26(34)35-2)25-13-10-23(33)17-20(25)15-16-32(27)22-8-11-24(12-9-22)36-18-28(29,30)31/h3-14,17,33H,15-16,18H2,1-2H3. The Morgan fingerprint density at radius 1 is 1.08 bits per heavy atom. The van der Waals surface area contributed by atoms with Crippen LogP contribution in [0.1, 0.15) is 29.2 Å². The molecule has 0 aliphatic carbocycles. The number of phenols is 1. The van der Waals surface area contributed by atoms with Gasteiger partial charge in [-0.3, -0.25) is 0 Å². The molecule has 4 rings (SSSR count). The van der Waals surface area contributed by atoms with Crippen LogP contribution in [0, 0.1) is 0 Å². The van der Waals surface area contributed by atoms with Gasteiger partial charge in [0, 0.05) is 18.3 Å². The molecule has 36 heavy (non-hydrogen) atoms. The fraction of sp³-hybridized carbons (Fsp3) is 0.250. The van der Waals surface area contributed by atoms with Crippen LogP contribution in [0.3, 0.4) is 0 Å². The minimum Gasteiger partial charge on any atom is -0.508 e. The van der Waals surface area contributed by atoms with Gasteiger partial charge in [0.2, 0.25) is 0 Å². The second kappa shape index (κ2) is 9.97. The van der Waals surface area contributed by atoms with Crippen LogP contribution in [0.2, 0.25) is 0 Å². The van der Waals surface area contributed by atoms with Gasteiger partial charge in [-0.25, -0.2) is 4.79 Å². The summed E-state index contributed by atoms with van der Waals surface area (Å²) in [5, 5.41) is 10.1. The molecule has 1 unspecified atom stereocenters. The van der Waals surface area contributed by atoms with Crippen molar-refractivity contribution in [1.82, 2.24) is 0 Å². The molecule has 8 heteroatoms. The van der Waals surface area contributed by atoms with Crippen molar-refractivity contribution in [3.05, 3.63) is 95.1 Å². The number of halogens is 3. The van der Waals surface area contributed by atoms with Gasteiger partial charge in [-0.15, -0.1) is 0 Å². The van der Waals surface area contributed by atoms with E-state index in [0.717, 1.165) is 27.9 Å². The Labute approximate surface area is 207 Å². The van der Waals surface area contributed by atoms with Crippen molar-refractivity contribution < 1.29 is 32.5 Å². The highest BCUT2D eigenvalue weighted by molar-refractivity contribution is 5.86. The summed E-state index contributed by atoms with van der Waals surface area (Å²) in [5.74, 6) is -0.109. The van der Waals surface area contributed by atoms with Gasteiger partial charge in [0.25, 0.3) is 0 Å². The Balaban J connectivity index is 1.71. The number of phenolic OH excluding ortho intramolecular Hbond substituents is 1. The first-order chi connectivity index (χ1) is 17.1. The van der Waals surface area contributed by atoms with E-state index in [9.17, 15) is 23.1 Å². The number of hydrogen-bond donors (Lipinski definition) is 1. The molecule has 0 amide bonds. The maximum absolute atomic E-state index is 12.5. The van der Waals surface area contributed by atoms with E-state index in [-0.39, 0.29) is 11.5 Å². The van der Waals surface area contributed by atoms with Gasteiger partial charge in [0.15, 0.2) is 6.61 Å². The van der Waals surface area contributed by atoms with Gasteiger partial charge >= 0.3 is 12.1 Å². The van der Waals surface area contributed by atoms with Crippen molar-refractivity contribution in [3.8, 4) is 11.5 Å². The molecule has 0 saturated heterocycles. The van der Waals surface area contributed by atoms with Gasteiger partial charge in [-0.05, 0) is 78.1 Å². The van der Waals surface area contributed by atoms with Crippen LogP contribution in [0.15, 0.2) is 72.8 Å². The summed E-state index contributed by atoms with van der Waals surface area (Å²) < 4.78 is 47.1. The van der Waals surface area contributed by atoms with E-state index in [1.54, 1.807) is 30.3 Å². The summed E-state index contributed by atoms with van der Waals surface area (Å²) in [7, 11) is 1.32. The highest BCUT2D eigenvalue weighted by Crippen LogP contribution is 2.44. The highest BCUT2D eigenvalue weighted by atomic mass is 19.4. The third kappa shape index (κ3) is 5.32. The predicted octanol–water partition coefficient (Wildman–Crippen LogP) is 5.85. The molecule has 0 aromatic heterocycles. The molecule has 5 nitrogen and oxygen atoms in total. The van der Waals surface area contributed by atoms with E-state index < -0.39 is 24.3 Å². The van der Waals surface area contributed by atoms with Gasteiger partial charge < -0.3 is 19.5 Å². The van der Waals surface area contributed by atoms with Crippen molar-refractivity contribution in [2.75, 3.05) is 25.2 Å². The Morgan fingerprint density at radius 2 is 1.78 bits per heavy atom. The van der Waals surface area contributed by atoms with Crippen LogP contribution in [-0.4, -0.2) is 37.5 Å². The Kier molecular flexibility index (Phi) is 6.97. The lowest BCUT2D eigenvalue weighted by Crippen LogP contribution is -2.49. The van der Waals surface area contributed by atoms with E-state index in [0.29, 0.717) is 13.0 Å². The average molecular weight is 498 g/mol. The molecular formula is C28H26F3NO4. The molecule has 0 bridgehead atoms. The maximum atomic E-state index is 12.5. The quantitative estimate of drug-likeness (QED) is 0.342. The number of esters is 1. The topological polar surface area (TPSA) is 59.0 Å². The maximum Gasteiger partial charge on any atom is 0.422 e. The highest BCUT2D eigenvalue weighted by Gasteiger charge is 2.40. The first kappa shape index (κ1) is 25.2. The van der Waals surface area contributed by atoms with Crippen LogP contribution in [0.25, 0.3) is 6.08 Å². The number of alkyl halides is 3. The summed E-state index contributed by atoms with van der Waals surface area (Å²) in [6, 6.07) is 19.7. The summed E-state index contributed by atoms with van der Waals surface area (Å²) in [5.41, 5.74) is 4.02. The summed E-state index contributed by atoms with van der Waals surface area (Å²) in [6.07, 6.45) is -0.699. The van der Waals surface area contributed by atoms with Gasteiger partial charge in [0.1, 0.15) is 11.5 Å². The molecule has 3 aromatic rings. The monoisotopic (exact) mass is 497 g/mol. The van der Waals surface area contributed by atoms with Crippen LogP contribution in [0.5, 0.6) is 11.5 Å². The van der Waals surface area contributed by atoms with Crippen molar-refractivity contribution in [1.29, 1.82) is 0 Å². The van der Waals surface area contributed by atoms with Crippen LogP contribution >= 0.6 is 0 Å². The number of carbonyl (C=O) groups excluding carboxylic acids is 1. The fourth-order valence-corrected chi connectivity index (χ4v) is 4.60. The number of rotatable bonds is 6. The molecule has 0 spiro atoms. The predicted molar refractivity (Wildman–Crippen MR) is 131 cm³/mol. The Bertz CT molecular complexity index is 1250. The molecule has 0 fully saturated rings. The molecule has 1 aliphatic rings. The number of nitrogens with zero attached hydrogens (tertiary/aromatic N) is 1. The first-order valence-electron chi connectivity index (χ1n) is 11.4. The minimum absolute atomic E-state index is 0.141. The second-order valence-corrected chi connectivity index (χ2v) is 8.69. The average Bonchev–Trinajstić information content (AvgIpc) is 2.86. The van der Waals surface area contributed by atoms with Gasteiger partial charge in [0.05, 0.1) is 12.6 Å². The van der Waals surface area contributed by atoms with Crippen molar-refractivity contribution >= 4 is 17.7 Å². The van der Waals surface area contributed by atoms with Crippen molar-refractivity contribution in [3.63, 3.8) is 0 Å². The lowest BCUT2D eigenvalue weighted by Gasteiger charge is -2.48. The number of methoxy groups -OCH3 is 1. The molecule has 1 N–H and O–H groups in total. The zero-order chi connectivity index (χ0) is 25.9. The number of fused-ring (bicyclic) bond motifs is 1. The molecule has 1 aliphatic heterocycles. The third-order valence-corrected chi connectivity index (χ3v) is 6.39.